The fraction of sp³-hybridized carbons (Fsp3) is 0.0556. The molecule has 0 aliphatic rings. The van der Waals surface area contributed by atoms with E-state index >= 15 is 0 Å². The fourth-order valence-corrected chi connectivity index (χ4v) is 7.29. The van der Waals surface area contributed by atoms with Gasteiger partial charge in [-0.2, -0.15) is 0 Å². The lowest BCUT2D eigenvalue weighted by atomic mass is 10.1. The van der Waals surface area contributed by atoms with Gasteiger partial charge in [0.2, 0.25) is 19.7 Å². The van der Waals surface area contributed by atoms with E-state index in [9.17, 15) is 16.8 Å². The van der Waals surface area contributed by atoms with Crippen LogP contribution in [-0.2, 0) is 19.7 Å². The van der Waals surface area contributed by atoms with E-state index in [1.807, 2.05) is 50.2 Å². The highest BCUT2D eigenvalue weighted by Crippen LogP contribution is 2.37. The summed E-state index contributed by atoms with van der Waals surface area (Å²) in [5.41, 5.74) is 1.97. The van der Waals surface area contributed by atoms with Crippen LogP contribution in [0, 0.1) is 13.8 Å². The lowest BCUT2D eigenvalue weighted by Crippen LogP contribution is -2.02. The van der Waals surface area contributed by atoms with Crippen LogP contribution in [0.25, 0.3) is 10.8 Å². The molecule has 220 valence electrons. The van der Waals surface area contributed by atoms with Crippen LogP contribution < -0.4 is 9.47 Å². The molecule has 0 bridgehead atoms. The summed E-state index contributed by atoms with van der Waals surface area (Å²) >= 11 is 0. The molecule has 0 saturated carbocycles. The van der Waals surface area contributed by atoms with Crippen molar-refractivity contribution in [1.82, 2.24) is 0 Å². The van der Waals surface area contributed by atoms with Crippen molar-refractivity contribution in [3.63, 3.8) is 0 Å². The highest BCUT2D eigenvalue weighted by atomic mass is 32.2. The van der Waals surface area contributed by atoms with Gasteiger partial charge in [-0.15, -0.1) is 0 Å². The molecule has 44 heavy (non-hydrogen) atoms. The molecule has 0 fully saturated rings. The van der Waals surface area contributed by atoms with Gasteiger partial charge in [-0.25, -0.2) is 16.8 Å². The molecule has 6 aromatic carbocycles. The lowest BCUT2D eigenvalue weighted by Gasteiger charge is -2.13. The second-order valence-electron chi connectivity index (χ2n) is 10.4. The Bertz CT molecular complexity index is 2010. The van der Waals surface area contributed by atoms with Crippen LogP contribution in [0.5, 0.6) is 23.0 Å². The SMILES string of the molecule is Cc1ccc(S(=O)(=O)c2ccc(Oc3cccc4c(Oc5ccc(S(=O)(=O)c6ccc(C)cc6)cc5)cccc34)cc2)cc1. The molecule has 0 aliphatic carbocycles. The molecule has 0 spiro atoms. The molecule has 0 saturated heterocycles. The Morgan fingerprint density at radius 1 is 0.386 bits per heavy atom. The largest absolute Gasteiger partial charge is 0.457 e. The summed E-state index contributed by atoms with van der Waals surface area (Å²) in [5, 5.41) is 1.58. The number of rotatable bonds is 8. The van der Waals surface area contributed by atoms with Gasteiger partial charge in [-0.05, 0) is 98.8 Å². The molecule has 6 nitrogen and oxygen atoms in total. The molecule has 0 heterocycles. The van der Waals surface area contributed by atoms with Crippen LogP contribution in [0.15, 0.2) is 153 Å². The van der Waals surface area contributed by atoms with E-state index in [4.69, 9.17) is 9.47 Å². The van der Waals surface area contributed by atoms with Crippen molar-refractivity contribution >= 4 is 30.4 Å². The molecule has 8 heteroatoms. The number of sulfone groups is 2. The molecule has 6 rings (SSSR count). The van der Waals surface area contributed by atoms with Crippen molar-refractivity contribution in [2.75, 3.05) is 0 Å². The van der Waals surface area contributed by atoms with E-state index in [0.717, 1.165) is 21.9 Å². The third kappa shape index (κ3) is 5.82. The Labute approximate surface area is 257 Å². The van der Waals surface area contributed by atoms with Gasteiger partial charge in [0.05, 0.1) is 19.6 Å². The van der Waals surface area contributed by atoms with Gasteiger partial charge in [0, 0.05) is 10.8 Å². The number of ether oxygens (including phenoxy) is 2. The number of aryl methyl sites for hydroxylation is 2. The van der Waals surface area contributed by atoms with Crippen molar-refractivity contribution in [2.24, 2.45) is 0 Å². The van der Waals surface area contributed by atoms with Crippen molar-refractivity contribution in [2.45, 2.75) is 33.4 Å². The van der Waals surface area contributed by atoms with Crippen LogP contribution >= 0.6 is 0 Å². The minimum absolute atomic E-state index is 0.181. The van der Waals surface area contributed by atoms with Crippen molar-refractivity contribution in [3.05, 3.63) is 145 Å². The normalized spacial score (nSPS) is 11.8. The monoisotopic (exact) mass is 620 g/mol. The quantitative estimate of drug-likeness (QED) is 0.169. The molecule has 0 amide bonds. The Morgan fingerprint density at radius 2 is 0.682 bits per heavy atom. The van der Waals surface area contributed by atoms with Crippen LogP contribution in [-0.4, -0.2) is 16.8 Å². The maximum absolute atomic E-state index is 13.0. The maximum atomic E-state index is 13.0. The molecule has 0 atom stereocenters. The topological polar surface area (TPSA) is 86.7 Å². The average Bonchev–Trinajstić information content (AvgIpc) is 3.02. The van der Waals surface area contributed by atoms with Gasteiger partial charge >= 0.3 is 0 Å². The first-order chi connectivity index (χ1) is 21.1. The fourth-order valence-electron chi connectivity index (χ4n) is 4.76. The van der Waals surface area contributed by atoms with Gasteiger partial charge in [-0.3, -0.25) is 0 Å². The predicted octanol–water partition coefficient (Wildman–Crippen LogP) is 8.71. The zero-order valence-corrected chi connectivity index (χ0v) is 25.6. The highest BCUT2D eigenvalue weighted by Gasteiger charge is 2.19. The lowest BCUT2D eigenvalue weighted by molar-refractivity contribution is 0.482. The third-order valence-electron chi connectivity index (χ3n) is 7.23. The molecule has 6 aromatic rings. The minimum atomic E-state index is -3.65. The van der Waals surface area contributed by atoms with E-state index in [-0.39, 0.29) is 19.6 Å². The maximum Gasteiger partial charge on any atom is 0.206 e. The molecule has 0 aromatic heterocycles. The standard InChI is InChI=1S/C36H28O6S2/c1-25-9-17-29(18-10-25)43(37,38)31-21-13-27(14-22-31)41-35-7-3-6-34-33(35)5-4-8-36(34)42-28-15-23-32(24-16-28)44(39,40)30-19-11-26(2)12-20-30/h3-24H,1-2H3. The zero-order chi connectivity index (χ0) is 30.9. The second-order valence-corrected chi connectivity index (χ2v) is 14.3. The number of benzene rings is 6. The van der Waals surface area contributed by atoms with Gasteiger partial charge in [-0.1, -0.05) is 59.7 Å². The summed E-state index contributed by atoms with van der Waals surface area (Å²) in [7, 11) is -7.30. The second kappa shape index (κ2) is 11.6. The van der Waals surface area contributed by atoms with E-state index in [1.54, 1.807) is 72.8 Å². The first-order valence-corrected chi connectivity index (χ1v) is 16.8. The summed E-state index contributed by atoms with van der Waals surface area (Å²) in [6.07, 6.45) is 0. The summed E-state index contributed by atoms with van der Waals surface area (Å²) in [4.78, 5) is 0.835. The zero-order valence-electron chi connectivity index (χ0n) is 24.0. The molecule has 0 radical (unpaired) electrons. The first kappa shape index (κ1) is 29.2. The highest BCUT2D eigenvalue weighted by molar-refractivity contribution is 7.91. The minimum Gasteiger partial charge on any atom is -0.457 e. The van der Waals surface area contributed by atoms with Crippen molar-refractivity contribution < 1.29 is 26.3 Å². The molecular formula is C36H28O6S2. The van der Waals surface area contributed by atoms with Crippen LogP contribution in [0.4, 0.5) is 0 Å². The Morgan fingerprint density at radius 3 is 1.00 bits per heavy atom. The predicted molar refractivity (Wildman–Crippen MR) is 170 cm³/mol. The first-order valence-electron chi connectivity index (χ1n) is 13.8. The van der Waals surface area contributed by atoms with E-state index < -0.39 is 19.7 Å². The smallest absolute Gasteiger partial charge is 0.206 e. The number of hydrogen-bond donors (Lipinski definition) is 0. The van der Waals surface area contributed by atoms with E-state index in [1.165, 1.54) is 24.3 Å². The third-order valence-corrected chi connectivity index (χ3v) is 10.8. The van der Waals surface area contributed by atoms with Crippen molar-refractivity contribution in [3.8, 4) is 23.0 Å². The van der Waals surface area contributed by atoms with Gasteiger partial charge in [0.1, 0.15) is 23.0 Å². The molecule has 0 aliphatic heterocycles. The van der Waals surface area contributed by atoms with Crippen LogP contribution in [0.2, 0.25) is 0 Å². The summed E-state index contributed by atoms with van der Waals surface area (Å²) in [5.74, 6) is 2.11. The van der Waals surface area contributed by atoms with Crippen molar-refractivity contribution in [1.29, 1.82) is 0 Å². The summed E-state index contributed by atoms with van der Waals surface area (Å²) in [6, 6.07) is 37.3. The van der Waals surface area contributed by atoms with Gasteiger partial charge < -0.3 is 9.47 Å². The summed E-state index contributed by atoms with van der Waals surface area (Å²) in [6.45, 7) is 3.81. The van der Waals surface area contributed by atoms with Crippen LogP contribution in [0.3, 0.4) is 0 Å². The number of hydrogen-bond acceptors (Lipinski definition) is 6. The Kier molecular flexibility index (Phi) is 7.71. The van der Waals surface area contributed by atoms with E-state index in [0.29, 0.717) is 23.0 Å². The van der Waals surface area contributed by atoms with Gasteiger partial charge in [0.15, 0.2) is 0 Å². The average molecular weight is 621 g/mol. The Balaban J connectivity index is 1.22. The van der Waals surface area contributed by atoms with E-state index in [2.05, 4.69) is 0 Å². The molecular weight excluding hydrogens is 593 g/mol. The van der Waals surface area contributed by atoms with Crippen LogP contribution in [0.1, 0.15) is 11.1 Å². The summed E-state index contributed by atoms with van der Waals surface area (Å²) < 4.78 is 64.5. The Hall–Kier alpha value is -4.92. The van der Waals surface area contributed by atoms with Gasteiger partial charge in [0.25, 0.3) is 0 Å². The molecule has 0 N–H and O–H groups in total. The number of fused-ring (bicyclic) bond motifs is 1. The molecule has 0 unspecified atom stereocenters.